The van der Waals surface area contributed by atoms with Crippen LogP contribution in [0.3, 0.4) is 0 Å². The van der Waals surface area contributed by atoms with Crippen LogP contribution in [-0.4, -0.2) is 72.2 Å². The molecule has 0 aliphatic heterocycles. The second-order valence-electron chi connectivity index (χ2n) is 10.2. The molecule has 0 aliphatic carbocycles. The molecule has 0 aliphatic rings. The van der Waals surface area contributed by atoms with Crippen molar-refractivity contribution in [3.05, 3.63) is 71.2 Å². The first kappa shape index (κ1) is 35.3. The van der Waals surface area contributed by atoms with E-state index in [0.717, 1.165) is 4.31 Å². The predicted molar refractivity (Wildman–Crippen MR) is 173 cm³/mol. The van der Waals surface area contributed by atoms with Crippen LogP contribution in [0.1, 0.15) is 32.8 Å². The fraction of sp³-hybridized carbons (Fsp3) is 0.375. The van der Waals surface area contributed by atoms with Gasteiger partial charge in [-0.1, -0.05) is 30.7 Å². The van der Waals surface area contributed by atoms with E-state index >= 15 is 0 Å². The monoisotopic (exact) mass is 661 g/mol. The number of carbonyl (C=O) groups is 2. The number of benzene rings is 3. The first-order valence-corrected chi connectivity index (χ1v) is 16.0. The number of nitrogens with one attached hydrogen (secondary N) is 1. The smallest absolute Gasteiger partial charge is 0.265 e. The van der Waals surface area contributed by atoms with Crippen molar-refractivity contribution in [2.75, 3.05) is 39.3 Å². The van der Waals surface area contributed by atoms with Crippen LogP contribution in [-0.2, 0) is 26.2 Å². The second-order valence-corrected chi connectivity index (χ2v) is 12.5. The van der Waals surface area contributed by atoms with Gasteiger partial charge in [0.05, 0.1) is 39.0 Å². The second kappa shape index (κ2) is 15.7. The van der Waals surface area contributed by atoms with Crippen molar-refractivity contribution in [3.63, 3.8) is 0 Å². The van der Waals surface area contributed by atoms with Gasteiger partial charge in [-0.3, -0.25) is 13.9 Å². The van der Waals surface area contributed by atoms with E-state index in [1.807, 2.05) is 13.8 Å². The summed E-state index contributed by atoms with van der Waals surface area (Å²) >= 11 is 6.08. The highest BCUT2D eigenvalue weighted by Crippen LogP contribution is 2.37. The van der Waals surface area contributed by atoms with Gasteiger partial charge in [-0.25, -0.2) is 8.42 Å². The van der Waals surface area contributed by atoms with Crippen LogP contribution in [0.5, 0.6) is 23.0 Å². The summed E-state index contributed by atoms with van der Waals surface area (Å²) in [5, 5.41) is 3.42. The van der Waals surface area contributed by atoms with Crippen LogP contribution in [0.15, 0.2) is 65.6 Å². The van der Waals surface area contributed by atoms with Crippen molar-refractivity contribution < 1.29 is 37.0 Å². The molecule has 0 heterocycles. The molecule has 2 atom stereocenters. The van der Waals surface area contributed by atoms with Gasteiger partial charge in [0.2, 0.25) is 11.8 Å². The third-order valence-corrected chi connectivity index (χ3v) is 9.32. The van der Waals surface area contributed by atoms with Gasteiger partial charge in [0.25, 0.3) is 10.0 Å². The average molecular weight is 662 g/mol. The lowest BCUT2D eigenvalue weighted by molar-refractivity contribution is -0.139. The summed E-state index contributed by atoms with van der Waals surface area (Å²) in [5.74, 6) is 0.0191. The van der Waals surface area contributed by atoms with E-state index in [9.17, 15) is 18.0 Å². The van der Waals surface area contributed by atoms with E-state index in [2.05, 4.69) is 5.32 Å². The Morgan fingerprint density at radius 3 is 2.04 bits per heavy atom. The standard InChI is InChI=1S/C32H40ClN3O8S/c1-8-21(2)34-32(38)22(3)35(19-23-9-11-24(33)12-10-23)31(37)20-36(27-17-25(41-4)13-15-28(27)42-5)45(39,40)26-14-16-29(43-6)30(18-26)44-7/h9-18,21-22H,8,19-20H2,1-7H3,(H,34,38)/t21-,22+/m0/s1. The minimum Gasteiger partial charge on any atom is -0.497 e. The Bertz CT molecular complexity index is 1580. The number of anilines is 1. The van der Waals surface area contributed by atoms with Crippen molar-refractivity contribution in [2.24, 2.45) is 0 Å². The quantitative estimate of drug-likeness (QED) is 0.244. The zero-order valence-electron chi connectivity index (χ0n) is 26.5. The number of halogens is 1. The summed E-state index contributed by atoms with van der Waals surface area (Å²) in [7, 11) is 1.21. The molecule has 2 amide bonds. The number of hydrogen-bond acceptors (Lipinski definition) is 8. The average Bonchev–Trinajstić information content (AvgIpc) is 3.05. The minimum atomic E-state index is -4.45. The fourth-order valence-electron chi connectivity index (χ4n) is 4.44. The normalized spacial score (nSPS) is 12.4. The summed E-state index contributed by atoms with van der Waals surface area (Å²) in [6.45, 7) is 4.75. The molecule has 3 rings (SSSR count). The Morgan fingerprint density at radius 1 is 0.844 bits per heavy atom. The molecular formula is C32H40ClN3O8S. The van der Waals surface area contributed by atoms with Crippen molar-refractivity contribution in [1.29, 1.82) is 0 Å². The van der Waals surface area contributed by atoms with Crippen molar-refractivity contribution in [1.82, 2.24) is 10.2 Å². The highest BCUT2D eigenvalue weighted by Gasteiger charge is 2.35. The van der Waals surface area contributed by atoms with Gasteiger partial charge in [0.15, 0.2) is 11.5 Å². The molecule has 13 heteroatoms. The van der Waals surface area contributed by atoms with Gasteiger partial charge in [-0.2, -0.15) is 0 Å². The third-order valence-electron chi connectivity index (χ3n) is 7.31. The third kappa shape index (κ3) is 8.52. The molecule has 0 radical (unpaired) electrons. The summed E-state index contributed by atoms with van der Waals surface area (Å²) in [6, 6.07) is 14.5. The highest BCUT2D eigenvalue weighted by atomic mass is 35.5. The van der Waals surface area contributed by atoms with E-state index in [0.29, 0.717) is 28.5 Å². The number of ether oxygens (including phenoxy) is 4. The topological polar surface area (TPSA) is 124 Å². The number of nitrogens with zero attached hydrogens (tertiary/aromatic N) is 2. The van der Waals surface area contributed by atoms with Gasteiger partial charge in [0.1, 0.15) is 24.1 Å². The van der Waals surface area contributed by atoms with E-state index in [1.54, 1.807) is 43.3 Å². The molecule has 0 saturated carbocycles. The maximum absolute atomic E-state index is 14.4. The largest absolute Gasteiger partial charge is 0.497 e. The van der Waals surface area contributed by atoms with Gasteiger partial charge in [-0.05, 0) is 62.2 Å². The zero-order valence-corrected chi connectivity index (χ0v) is 28.1. The first-order valence-electron chi connectivity index (χ1n) is 14.2. The van der Waals surface area contributed by atoms with E-state index in [-0.39, 0.29) is 40.6 Å². The number of carbonyl (C=O) groups excluding carboxylic acids is 2. The van der Waals surface area contributed by atoms with Crippen molar-refractivity contribution in [2.45, 2.75) is 50.7 Å². The number of hydrogen-bond donors (Lipinski definition) is 1. The van der Waals surface area contributed by atoms with Crippen LogP contribution >= 0.6 is 11.6 Å². The Balaban J connectivity index is 2.16. The number of rotatable bonds is 15. The van der Waals surface area contributed by atoms with Gasteiger partial charge < -0.3 is 29.2 Å². The van der Waals surface area contributed by atoms with Crippen LogP contribution in [0.2, 0.25) is 5.02 Å². The Kier molecular flexibility index (Phi) is 12.3. The molecule has 0 saturated heterocycles. The van der Waals surface area contributed by atoms with Gasteiger partial charge in [0, 0.05) is 29.7 Å². The fourth-order valence-corrected chi connectivity index (χ4v) is 6.00. The van der Waals surface area contributed by atoms with E-state index in [4.69, 9.17) is 30.5 Å². The molecule has 45 heavy (non-hydrogen) atoms. The molecule has 0 unspecified atom stereocenters. The van der Waals surface area contributed by atoms with Gasteiger partial charge >= 0.3 is 0 Å². The molecule has 3 aromatic carbocycles. The van der Waals surface area contributed by atoms with Crippen LogP contribution in [0, 0.1) is 0 Å². The Labute approximate surface area is 270 Å². The first-order chi connectivity index (χ1) is 21.4. The van der Waals surface area contributed by atoms with Gasteiger partial charge in [-0.15, -0.1) is 0 Å². The molecule has 244 valence electrons. The zero-order chi connectivity index (χ0) is 33.3. The SMILES string of the molecule is CC[C@H](C)NC(=O)[C@@H](C)N(Cc1ccc(Cl)cc1)C(=O)CN(c1cc(OC)ccc1OC)S(=O)(=O)c1ccc(OC)c(OC)c1. The maximum atomic E-state index is 14.4. The highest BCUT2D eigenvalue weighted by molar-refractivity contribution is 7.92. The summed E-state index contributed by atoms with van der Waals surface area (Å²) in [4.78, 5) is 28.7. The summed E-state index contributed by atoms with van der Waals surface area (Å²) in [6.07, 6.45) is 0.691. The molecule has 0 spiro atoms. The van der Waals surface area contributed by atoms with Crippen LogP contribution in [0.4, 0.5) is 5.69 Å². The van der Waals surface area contributed by atoms with Crippen molar-refractivity contribution >= 4 is 39.1 Å². The van der Waals surface area contributed by atoms with Crippen LogP contribution < -0.4 is 28.6 Å². The lowest BCUT2D eigenvalue weighted by Gasteiger charge is -2.33. The summed E-state index contributed by atoms with van der Waals surface area (Å²) in [5.41, 5.74) is 0.757. The number of methoxy groups -OCH3 is 4. The van der Waals surface area contributed by atoms with Crippen molar-refractivity contribution in [3.8, 4) is 23.0 Å². The Morgan fingerprint density at radius 2 is 1.47 bits per heavy atom. The molecule has 3 aromatic rings. The molecule has 1 N–H and O–H groups in total. The number of sulfonamides is 1. The number of amides is 2. The molecular weight excluding hydrogens is 622 g/mol. The van der Waals surface area contributed by atoms with E-state index < -0.39 is 28.5 Å². The lowest BCUT2D eigenvalue weighted by atomic mass is 10.1. The Hall–Kier alpha value is -4.16. The lowest BCUT2D eigenvalue weighted by Crippen LogP contribution is -2.52. The predicted octanol–water partition coefficient (Wildman–Crippen LogP) is 4.90. The summed E-state index contributed by atoms with van der Waals surface area (Å²) < 4.78 is 51.2. The minimum absolute atomic E-state index is 0.0184. The van der Waals surface area contributed by atoms with Crippen LogP contribution in [0.25, 0.3) is 0 Å². The molecule has 11 nitrogen and oxygen atoms in total. The maximum Gasteiger partial charge on any atom is 0.265 e. The molecule has 0 aromatic heterocycles. The molecule has 0 fully saturated rings. The van der Waals surface area contributed by atoms with E-state index in [1.165, 1.54) is 57.6 Å². The molecule has 0 bridgehead atoms.